The van der Waals surface area contributed by atoms with Crippen LogP contribution in [0.15, 0.2) is 36.4 Å². The van der Waals surface area contributed by atoms with Gasteiger partial charge in [0.15, 0.2) is 0 Å². The highest BCUT2D eigenvalue weighted by atomic mass is 28.3. The third kappa shape index (κ3) is 5.48. The van der Waals surface area contributed by atoms with Crippen LogP contribution in [-0.2, 0) is 19.2 Å². The molecule has 3 rings (SSSR count). The second kappa shape index (κ2) is 9.58. The lowest BCUT2D eigenvalue weighted by atomic mass is 10.0. The maximum atomic E-state index is 13.0. The number of amides is 4. The van der Waals surface area contributed by atoms with Crippen LogP contribution in [-0.4, -0.2) is 50.3 Å². The molecule has 1 heterocycles. The zero-order chi connectivity index (χ0) is 24.3. The zero-order valence-corrected chi connectivity index (χ0v) is 20.6. The molecule has 2 N–H and O–H groups in total. The topological polar surface area (TPSA) is 105 Å². The van der Waals surface area contributed by atoms with Gasteiger partial charge >= 0.3 is 0 Å². The predicted molar refractivity (Wildman–Crippen MR) is 130 cm³/mol. The number of imide groups is 1. The number of likely N-dealkylation sites (tertiary alicyclic amines) is 1. The molecule has 0 bridgehead atoms. The van der Waals surface area contributed by atoms with E-state index in [0.29, 0.717) is 22.7 Å². The summed E-state index contributed by atoms with van der Waals surface area (Å²) in [5.41, 5.74) is 2.58. The van der Waals surface area contributed by atoms with Gasteiger partial charge in [0.1, 0.15) is 12.3 Å². The van der Waals surface area contributed by atoms with Gasteiger partial charge in [0.25, 0.3) is 0 Å². The Morgan fingerprint density at radius 2 is 1.58 bits per heavy atom. The summed E-state index contributed by atoms with van der Waals surface area (Å²) in [7, 11) is -0.381. The van der Waals surface area contributed by atoms with E-state index in [-0.39, 0.29) is 37.1 Å². The van der Waals surface area contributed by atoms with Crippen molar-refractivity contribution in [2.45, 2.75) is 39.4 Å². The van der Waals surface area contributed by atoms with Crippen LogP contribution in [0, 0.1) is 0 Å². The highest BCUT2D eigenvalue weighted by Crippen LogP contribution is 2.36. The average Bonchev–Trinajstić information content (AvgIpc) is 3.05. The summed E-state index contributed by atoms with van der Waals surface area (Å²) >= 11 is 0. The van der Waals surface area contributed by atoms with E-state index in [1.54, 1.807) is 19.2 Å². The first kappa shape index (κ1) is 24.2. The fourth-order valence-electron chi connectivity index (χ4n) is 3.83. The summed E-state index contributed by atoms with van der Waals surface area (Å²) < 4.78 is 5.27. The molecule has 174 valence electrons. The van der Waals surface area contributed by atoms with Crippen LogP contribution in [0.2, 0.25) is 19.6 Å². The van der Waals surface area contributed by atoms with Gasteiger partial charge < -0.3 is 15.4 Å². The Bertz CT molecular complexity index is 1090. The van der Waals surface area contributed by atoms with E-state index >= 15 is 0 Å². The van der Waals surface area contributed by atoms with Crippen molar-refractivity contribution in [2.75, 3.05) is 24.3 Å². The molecule has 2 aromatic rings. The summed E-state index contributed by atoms with van der Waals surface area (Å²) in [4.78, 5) is 49.9. The van der Waals surface area contributed by atoms with Crippen molar-refractivity contribution in [3.63, 3.8) is 0 Å². The number of ether oxygens (including phenoxy) is 1. The van der Waals surface area contributed by atoms with Crippen molar-refractivity contribution < 1.29 is 23.9 Å². The largest absolute Gasteiger partial charge is 0.497 e. The molecular formula is C24H29N3O5Si. The number of carbonyl (C=O) groups excluding carboxylic acids is 4. The van der Waals surface area contributed by atoms with Crippen molar-refractivity contribution in [3.05, 3.63) is 36.4 Å². The van der Waals surface area contributed by atoms with Crippen molar-refractivity contribution in [2.24, 2.45) is 0 Å². The number of hydrogen-bond acceptors (Lipinski definition) is 5. The number of nitrogens with one attached hydrogen (secondary N) is 2. The first-order valence-electron chi connectivity index (χ1n) is 10.7. The zero-order valence-electron chi connectivity index (χ0n) is 19.6. The van der Waals surface area contributed by atoms with Gasteiger partial charge in [-0.2, -0.15) is 0 Å². The minimum atomic E-state index is -1.96. The molecule has 33 heavy (non-hydrogen) atoms. The van der Waals surface area contributed by atoms with E-state index in [1.165, 1.54) is 6.92 Å². The van der Waals surface area contributed by atoms with Gasteiger partial charge in [-0.25, -0.2) is 0 Å². The Hall–Kier alpha value is -3.46. The van der Waals surface area contributed by atoms with Crippen molar-refractivity contribution in [1.82, 2.24) is 4.90 Å². The highest BCUT2D eigenvalue weighted by Gasteiger charge is 2.32. The van der Waals surface area contributed by atoms with E-state index in [9.17, 15) is 19.2 Å². The van der Waals surface area contributed by atoms with Gasteiger partial charge in [-0.3, -0.25) is 24.1 Å². The summed E-state index contributed by atoms with van der Waals surface area (Å²) in [6.07, 6.45) is 0.253. The highest BCUT2D eigenvalue weighted by molar-refractivity contribution is 6.90. The molecule has 8 nitrogen and oxygen atoms in total. The third-order valence-electron chi connectivity index (χ3n) is 5.42. The van der Waals surface area contributed by atoms with E-state index < -0.39 is 14.0 Å². The minimum absolute atomic E-state index is 0.126. The molecular weight excluding hydrogens is 438 g/mol. The number of methoxy groups -OCH3 is 1. The first-order chi connectivity index (χ1) is 15.5. The number of rotatable bonds is 7. The van der Waals surface area contributed by atoms with Crippen molar-refractivity contribution >= 4 is 48.3 Å². The Kier molecular flexibility index (Phi) is 7.02. The van der Waals surface area contributed by atoms with Gasteiger partial charge in [0.05, 0.1) is 20.9 Å². The second-order valence-electron chi connectivity index (χ2n) is 8.99. The summed E-state index contributed by atoms with van der Waals surface area (Å²) in [6, 6.07) is 11.1. The van der Waals surface area contributed by atoms with Gasteiger partial charge in [-0.05, 0) is 28.9 Å². The lowest BCUT2D eigenvalue weighted by Crippen LogP contribution is -2.42. The van der Waals surface area contributed by atoms with E-state index in [2.05, 4.69) is 30.3 Å². The third-order valence-corrected chi connectivity index (χ3v) is 7.46. The SMILES string of the molecule is COc1ccc(-c2c(NC(C)=O)ccc([Si](C)(C)C)c2NC(=O)CN2C(=O)CCC2=O)cc1. The first-order valence-corrected chi connectivity index (χ1v) is 14.2. The van der Waals surface area contributed by atoms with Crippen LogP contribution in [0.3, 0.4) is 0 Å². The van der Waals surface area contributed by atoms with Crippen molar-refractivity contribution in [1.29, 1.82) is 0 Å². The lowest BCUT2D eigenvalue weighted by molar-refractivity contribution is -0.141. The lowest BCUT2D eigenvalue weighted by Gasteiger charge is -2.26. The monoisotopic (exact) mass is 467 g/mol. The standard InChI is InChI=1S/C24H29N3O5Si/c1-15(28)25-18-10-11-19(33(3,4)5)24(23(18)16-6-8-17(32-2)9-7-16)26-20(29)14-27-21(30)12-13-22(27)31/h6-11H,12-14H2,1-5H3,(H,25,28)(H,26,29). The van der Waals surface area contributed by atoms with Gasteiger partial charge in [-0.15, -0.1) is 0 Å². The Morgan fingerprint density at radius 1 is 0.970 bits per heavy atom. The molecule has 0 spiro atoms. The second-order valence-corrected chi connectivity index (χ2v) is 14.0. The molecule has 1 fully saturated rings. The smallest absolute Gasteiger partial charge is 0.244 e. The summed E-state index contributed by atoms with van der Waals surface area (Å²) in [5.74, 6) is -0.715. The molecule has 2 aromatic carbocycles. The molecule has 0 unspecified atom stereocenters. The van der Waals surface area contributed by atoms with Crippen LogP contribution < -0.4 is 20.6 Å². The summed E-state index contributed by atoms with van der Waals surface area (Å²) in [6.45, 7) is 7.55. The fourth-order valence-corrected chi connectivity index (χ4v) is 5.35. The summed E-state index contributed by atoms with van der Waals surface area (Å²) in [5, 5.41) is 6.80. The van der Waals surface area contributed by atoms with Crippen LogP contribution in [0.25, 0.3) is 11.1 Å². The number of anilines is 2. The van der Waals surface area contributed by atoms with Crippen LogP contribution in [0.5, 0.6) is 5.75 Å². The number of hydrogen-bond donors (Lipinski definition) is 2. The van der Waals surface area contributed by atoms with E-state index in [4.69, 9.17) is 4.74 Å². The molecule has 9 heteroatoms. The molecule has 1 aliphatic heterocycles. The molecule has 1 aliphatic rings. The number of carbonyl (C=O) groups is 4. The molecule has 4 amide bonds. The molecule has 0 radical (unpaired) electrons. The number of benzene rings is 2. The van der Waals surface area contributed by atoms with Crippen LogP contribution in [0.1, 0.15) is 19.8 Å². The van der Waals surface area contributed by atoms with E-state index in [0.717, 1.165) is 15.7 Å². The molecule has 0 aliphatic carbocycles. The van der Waals surface area contributed by atoms with Gasteiger partial charge in [0, 0.05) is 31.0 Å². The quantitative estimate of drug-likeness (QED) is 0.481. The molecule has 0 saturated carbocycles. The molecule has 1 saturated heterocycles. The van der Waals surface area contributed by atoms with Crippen LogP contribution >= 0.6 is 0 Å². The maximum absolute atomic E-state index is 13.0. The molecule has 0 atom stereocenters. The van der Waals surface area contributed by atoms with Gasteiger partial charge in [0.2, 0.25) is 23.6 Å². The average molecular weight is 468 g/mol. The number of nitrogens with zero attached hydrogens (tertiary/aromatic N) is 1. The normalized spacial score (nSPS) is 13.8. The van der Waals surface area contributed by atoms with Crippen LogP contribution in [0.4, 0.5) is 11.4 Å². The predicted octanol–water partition coefficient (Wildman–Crippen LogP) is 2.95. The molecule has 0 aromatic heterocycles. The fraction of sp³-hybridized carbons (Fsp3) is 0.333. The Balaban J connectivity index is 2.12. The van der Waals surface area contributed by atoms with Crippen molar-refractivity contribution in [3.8, 4) is 16.9 Å². The van der Waals surface area contributed by atoms with Gasteiger partial charge in [-0.1, -0.05) is 37.8 Å². The Labute approximate surface area is 194 Å². The maximum Gasteiger partial charge on any atom is 0.244 e. The Morgan fingerprint density at radius 3 is 2.09 bits per heavy atom. The van der Waals surface area contributed by atoms with E-state index in [1.807, 2.05) is 24.3 Å². The minimum Gasteiger partial charge on any atom is -0.497 e.